The molecule has 1 aliphatic heterocycles. The molecule has 5 heterocycles. The molecule has 6 aromatic carbocycles. The molecule has 0 amide bonds. The molecule has 302 valence electrons. The van der Waals surface area contributed by atoms with Crippen LogP contribution in [0.3, 0.4) is 0 Å². The third-order valence-corrected chi connectivity index (χ3v) is 10.4. The van der Waals surface area contributed by atoms with Crippen LogP contribution in [0, 0.1) is 24.3 Å². The number of fused-ring (bicyclic) bond motifs is 5. The summed E-state index contributed by atoms with van der Waals surface area (Å²) >= 11 is 0. The van der Waals surface area contributed by atoms with Gasteiger partial charge in [-0.1, -0.05) is 71.7 Å². The number of hydrogen-bond donors (Lipinski definition) is 0. The first-order chi connectivity index (χ1) is 29.6. The molecule has 0 saturated heterocycles. The number of ether oxygens (including phenoxy) is 2. The van der Waals surface area contributed by atoms with Crippen molar-refractivity contribution < 1.29 is 51.6 Å². The molecule has 4 aromatic heterocycles. The van der Waals surface area contributed by atoms with Crippen LogP contribution in [0.25, 0.3) is 50.3 Å². The molecule has 62 heavy (non-hydrogen) atoms. The second-order valence-electron chi connectivity index (χ2n) is 14.1. The number of pyridine rings is 2. The Morgan fingerprint density at radius 1 is 0.435 bits per heavy atom. The maximum Gasteiger partial charge on any atom is 2.00 e. The van der Waals surface area contributed by atoms with Gasteiger partial charge in [-0.2, -0.15) is 22.9 Å². The average Bonchev–Trinajstić information content (AvgIpc) is 3.63. The topological polar surface area (TPSA) is 81.4 Å². The Kier molecular flexibility index (Phi) is 11.2. The fourth-order valence-electron chi connectivity index (χ4n) is 7.70. The van der Waals surface area contributed by atoms with Crippen molar-refractivity contribution in [1.82, 2.24) is 24.5 Å². The van der Waals surface area contributed by atoms with E-state index in [0.29, 0.717) is 40.0 Å². The summed E-state index contributed by atoms with van der Waals surface area (Å²) in [5, 5.41) is 1.84. The van der Waals surface area contributed by atoms with Gasteiger partial charge in [-0.3, -0.25) is 0 Å². The van der Waals surface area contributed by atoms with Crippen LogP contribution in [0.5, 0.6) is 23.0 Å². The van der Waals surface area contributed by atoms with Crippen molar-refractivity contribution in [3.8, 4) is 51.5 Å². The van der Waals surface area contributed by atoms with Crippen LogP contribution in [0.2, 0.25) is 0 Å². The molecular formula is C51H31N7O2Pt2. The summed E-state index contributed by atoms with van der Waals surface area (Å²) in [7, 11) is 2.09. The van der Waals surface area contributed by atoms with Crippen LogP contribution in [-0.4, -0.2) is 31.6 Å². The maximum atomic E-state index is 6.41. The molecule has 0 spiro atoms. The van der Waals surface area contributed by atoms with E-state index >= 15 is 0 Å². The van der Waals surface area contributed by atoms with Gasteiger partial charge in [-0.25, -0.2) is 9.97 Å². The summed E-state index contributed by atoms with van der Waals surface area (Å²) in [6, 6.07) is 61.4. The third-order valence-electron chi connectivity index (χ3n) is 10.4. The number of nitrogens with zero attached hydrogens (tertiary/aromatic N) is 7. The molecule has 11 heteroatoms. The Bertz CT molecular complexity index is 3010. The maximum absolute atomic E-state index is 6.41. The molecule has 0 atom stereocenters. The van der Waals surface area contributed by atoms with Crippen molar-refractivity contribution >= 4 is 50.2 Å². The molecule has 0 radical (unpaired) electrons. The first-order valence-electron chi connectivity index (χ1n) is 19.3. The van der Waals surface area contributed by atoms with Crippen LogP contribution >= 0.6 is 0 Å². The van der Waals surface area contributed by atoms with E-state index in [9.17, 15) is 0 Å². The van der Waals surface area contributed by atoms with E-state index in [1.54, 1.807) is 12.4 Å². The van der Waals surface area contributed by atoms with E-state index in [-0.39, 0.29) is 42.1 Å². The zero-order valence-electron chi connectivity index (χ0n) is 32.7. The largest absolute Gasteiger partial charge is 2.00 e. The molecule has 0 fully saturated rings. The molecule has 0 N–H and O–H groups in total. The number of anilines is 5. The predicted octanol–water partition coefficient (Wildman–Crippen LogP) is 12.0. The minimum Gasteiger partial charge on any atom is -0.503 e. The number of benzene rings is 6. The minimum atomic E-state index is 0. The van der Waals surface area contributed by atoms with E-state index in [2.05, 4.69) is 87.5 Å². The predicted molar refractivity (Wildman–Crippen MR) is 234 cm³/mol. The van der Waals surface area contributed by atoms with Crippen LogP contribution < -0.4 is 19.3 Å². The minimum absolute atomic E-state index is 0. The van der Waals surface area contributed by atoms with Crippen molar-refractivity contribution in [3.63, 3.8) is 0 Å². The summed E-state index contributed by atoms with van der Waals surface area (Å²) in [6.07, 6.45) is 7.24. The fourth-order valence-corrected chi connectivity index (χ4v) is 7.70. The second kappa shape index (κ2) is 17.2. The van der Waals surface area contributed by atoms with Gasteiger partial charge in [0.25, 0.3) is 0 Å². The van der Waals surface area contributed by atoms with E-state index < -0.39 is 0 Å². The Labute approximate surface area is 386 Å². The SMILES string of the molecule is CN1c2ccccc2N(c2cnc(-n3c4[c-]c(Oc5[c-]c(-c6ccccn6)ccc5)ccc4c4ccc(Oc5[c-]c(-c6ccccn6)ccc5)[c-]c43)nc2)c2ccccc21.[Pt+2].[Pt+2]. The third kappa shape index (κ3) is 7.44. The molecule has 11 rings (SSSR count). The van der Waals surface area contributed by atoms with Gasteiger partial charge in [0.2, 0.25) is 5.95 Å². The Balaban J connectivity index is 0.00000245. The molecule has 10 aromatic rings. The average molecular weight is 1160 g/mol. The number of para-hydroxylation sites is 4. The first-order valence-corrected chi connectivity index (χ1v) is 19.3. The molecular weight excluding hydrogens is 1130 g/mol. The zero-order chi connectivity index (χ0) is 40.0. The van der Waals surface area contributed by atoms with Gasteiger partial charge in [-0.15, -0.1) is 71.8 Å². The Hall–Kier alpha value is -6.92. The molecule has 0 unspecified atom stereocenters. The molecule has 0 aliphatic carbocycles. The summed E-state index contributed by atoms with van der Waals surface area (Å²) in [5.41, 5.74) is 9.74. The second-order valence-corrected chi connectivity index (χ2v) is 14.1. The quantitative estimate of drug-likeness (QED) is 0.139. The van der Waals surface area contributed by atoms with Crippen molar-refractivity contribution in [2.24, 2.45) is 0 Å². The first kappa shape index (κ1) is 40.5. The van der Waals surface area contributed by atoms with Gasteiger partial charge in [-0.05, 0) is 47.8 Å². The van der Waals surface area contributed by atoms with Gasteiger partial charge in [0.15, 0.2) is 0 Å². The van der Waals surface area contributed by atoms with E-state index in [0.717, 1.165) is 61.7 Å². The van der Waals surface area contributed by atoms with E-state index in [4.69, 9.17) is 19.4 Å². The van der Waals surface area contributed by atoms with E-state index in [1.807, 2.05) is 126 Å². The zero-order valence-corrected chi connectivity index (χ0v) is 37.3. The van der Waals surface area contributed by atoms with E-state index in [1.165, 1.54) is 0 Å². The van der Waals surface area contributed by atoms with Crippen LogP contribution in [0.1, 0.15) is 0 Å². The smallest absolute Gasteiger partial charge is 0.503 e. The number of aromatic nitrogens is 5. The summed E-state index contributed by atoms with van der Waals surface area (Å²) in [4.78, 5) is 23.4. The van der Waals surface area contributed by atoms with Gasteiger partial charge in [0.05, 0.1) is 40.8 Å². The molecule has 0 saturated carbocycles. The van der Waals surface area contributed by atoms with Crippen molar-refractivity contribution in [2.45, 2.75) is 0 Å². The van der Waals surface area contributed by atoms with Crippen LogP contribution in [0.15, 0.2) is 170 Å². The van der Waals surface area contributed by atoms with Crippen molar-refractivity contribution in [3.05, 3.63) is 195 Å². The molecule has 1 aliphatic rings. The summed E-state index contributed by atoms with van der Waals surface area (Å²) in [5.74, 6) is 2.51. The summed E-state index contributed by atoms with van der Waals surface area (Å²) < 4.78 is 14.8. The van der Waals surface area contributed by atoms with Crippen molar-refractivity contribution in [2.75, 3.05) is 16.8 Å². The van der Waals surface area contributed by atoms with Gasteiger partial charge in [0.1, 0.15) is 0 Å². The monoisotopic (exact) mass is 1160 g/mol. The van der Waals surface area contributed by atoms with Crippen LogP contribution in [-0.2, 0) is 42.1 Å². The van der Waals surface area contributed by atoms with Crippen molar-refractivity contribution in [1.29, 1.82) is 0 Å². The Morgan fingerprint density at radius 3 is 1.35 bits per heavy atom. The van der Waals surface area contributed by atoms with Crippen LogP contribution in [0.4, 0.5) is 28.4 Å². The normalized spacial score (nSPS) is 11.6. The number of rotatable bonds is 8. The van der Waals surface area contributed by atoms with Gasteiger partial charge in [0, 0.05) is 42.4 Å². The molecule has 9 nitrogen and oxygen atoms in total. The van der Waals surface area contributed by atoms with Gasteiger partial charge >= 0.3 is 42.1 Å². The number of hydrogen-bond acceptors (Lipinski definition) is 8. The standard InChI is InChI=1S/C51H31N7O2.2Pt/c1-56-45-18-2-4-20-47(45)57(48-21-5-3-19-46(48)56)36-32-54-51(55-33-36)58-49-30-39(59-37-14-10-12-34(28-37)43-16-6-8-26-52-43)22-24-41(49)42-25-23-40(31-50(42)58)60-38-15-11-13-35(29-38)44-17-7-9-27-53-44;;/h2-27,32-33H,1H3;;/q-4;2*+2. The van der Waals surface area contributed by atoms with Gasteiger partial charge < -0.3 is 33.8 Å². The Morgan fingerprint density at radius 2 is 0.887 bits per heavy atom. The fraction of sp³-hybridized carbons (Fsp3) is 0.0196. The summed E-state index contributed by atoms with van der Waals surface area (Å²) in [6.45, 7) is 0. The molecule has 0 bridgehead atoms.